The number of fused-ring (bicyclic) bond motifs is 3. The monoisotopic (exact) mass is 454 g/mol. The van der Waals surface area contributed by atoms with E-state index in [-0.39, 0.29) is 18.9 Å². The van der Waals surface area contributed by atoms with Gasteiger partial charge in [-0.25, -0.2) is 13.8 Å². The first-order valence-electron chi connectivity index (χ1n) is 12.7. The van der Waals surface area contributed by atoms with Gasteiger partial charge in [0, 0.05) is 25.7 Å². The van der Waals surface area contributed by atoms with E-state index in [0.29, 0.717) is 41.7 Å². The third kappa shape index (κ3) is 3.10. The van der Waals surface area contributed by atoms with Crippen LogP contribution in [0.25, 0.3) is 5.65 Å². The lowest BCUT2D eigenvalue weighted by molar-refractivity contribution is -0.0663. The van der Waals surface area contributed by atoms with Crippen LogP contribution in [0, 0.1) is 28.6 Å². The lowest BCUT2D eigenvalue weighted by Gasteiger charge is -2.49. The Morgan fingerprint density at radius 3 is 2.97 bits per heavy atom. The summed E-state index contributed by atoms with van der Waals surface area (Å²) in [5, 5.41) is 3.29. The highest BCUT2D eigenvalue weighted by molar-refractivity contribution is 5.93. The molecule has 3 bridgehead atoms. The number of carbonyl (C=O) groups is 1. The molecule has 5 fully saturated rings. The molecule has 2 aromatic rings. The van der Waals surface area contributed by atoms with Gasteiger partial charge in [0.2, 0.25) is 0 Å². The molecule has 1 N–H and O–H groups in total. The molecule has 4 saturated carbocycles. The highest BCUT2D eigenvalue weighted by atomic mass is 19.3. The summed E-state index contributed by atoms with van der Waals surface area (Å²) >= 11 is 0. The molecule has 176 valence electrons. The zero-order valence-corrected chi connectivity index (χ0v) is 19.0. The normalized spacial score (nSPS) is 38.4. The van der Waals surface area contributed by atoms with Crippen molar-refractivity contribution < 1.29 is 13.6 Å². The number of imidazole rings is 1. The number of carbonyl (C=O) groups excluding carboxylic acids is 1. The standard InChI is InChI=1S/C26H32F2N4O/c27-26(28)5-2-6-31(16-26)12-20-13-32-21(3-1-4-22(32)30-20)23(33)29-15-24-9-17-7-18-8-19(11-24)25(18,10-17)14-24/h1,3-4,13,17-19H,2,5-12,14-16H2,(H,29,33). The fraction of sp³-hybridized carbons (Fsp3) is 0.692. The Morgan fingerprint density at radius 1 is 1.18 bits per heavy atom. The molecule has 7 rings (SSSR count). The maximum absolute atomic E-state index is 13.8. The van der Waals surface area contributed by atoms with Gasteiger partial charge in [0.05, 0.1) is 12.2 Å². The lowest BCUT2D eigenvalue weighted by Crippen LogP contribution is -2.43. The van der Waals surface area contributed by atoms with Gasteiger partial charge in [-0.05, 0) is 92.2 Å². The first-order valence-corrected chi connectivity index (χ1v) is 12.7. The largest absolute Gasteiger partial charge is 0.350 e. The first-order chi connectivity index (χ1) is 15.8. The quantitative estimate of drug-likeness (QED) is 0.723. The summed E-state index contributed by atoms with van der Waals surface area (Å²) in [6.07, 6.45) is 10.5. The number of aromatic nitrogens is 2. The van der Waals surface area contributed by atoms with Crippen LogP contribution >= 0.6 is 0 Å². The van der Waals surface area contributed by atoms with Crippen molar-refractivity contribution >= 4 is 11.6 Å². The Morgan fingerprint density at radius 2 is 2.09 bits per heavy atom. The highest BCUT2D eigenvalue weighted by Crippen LogP contribution is 2.78. The van der Waals surface area contributed by atoms with Crippen LogP contribution in [0.2, 0.25) is 0 Å². The smallest absolute Gasteiger partial charge is 0.268 e. The number of piperidine rings is 1. The Labute approximate surface area is 192 Å². The van der Waals surface area contributed by atoms with Gasteiger partial charge in [0.25, 0.3) is 11.8 Å². The average Bonchev–Trinajstić information content (AvgIpc) is 3.31. The number of pyridine rings is 1. The average molecular weight is 455 g/mol. The molecule has 1 spiro atoms. The van der Waals surface area contributed by atoms with E-state index in [1.54, 1.807) is 4.90 Å². The summed E-state index contributed by atoms with van der Waals surface area (Å²) in [6, 6.07) is 5.56. The van der Waals surface area contributed by atoms with Gasteiger partial charge >= 0.3 is 0 Å². The van der Waals surface area contributed by atoms with Crippen LogP contribution in [-0.2, 0) is 6.54 Å². The van der Waals surface area contributed by atoms with Gasteiger partial charge in [-0.2, -0.15) is 0 Å². The van der Waals surface area contributed by atoms with Crippen molar-refractivity contribution in [2.75, 3.05) is 19.6 Å². The van der Waals surface area contributed by atoms with E-state index in [1.165, 1.54) is 38.5 Å². The number of nitrogens with one attached hydrogen (secondary N) is 1. The molecular weight excluding hydrogens is 422 g/mol. The summed E-state index contributed by atoms with van der Waals surface area (Å²) in [4.78, 5) is 19.6. The van der Waals surface area contributed by atoms with E-state index < -0.39 is 5.92 Å². The van der Waals surface area contributed by atoms with Crippen LogP contribution in [0.3, 0.4) is 0 Å². The van der Waals surface area contributed by atoms with E-state index in [1.807, 2.05) is 28.8 Å². The maximum Gasteiger partial charge on any atom is 0.268 e. The predicted octanol–water partition coefficient (Wildman–Crippen LogP) is 4.51. The van der Waals surface area contributed by atoms with Gasteiger partial charge < -0.3 is 5.32 Å². The van der Waals surface area contributed by atoms with Gasteiger partial charge in [-0.1, -0.05) is 6.07 Å². The number of alkyl halides is 2. The minimum Gasteiger partial charge on any atom is -0.350 e. The van der Waals surface area contributed by atoms with Gasteiger partial charge in [-0.3, -0.25) is 14.1 Å². The van der Waals surface area contributed by atoms with E-state index in [2.05, 4.69) is 10.3 Å². The summed E-state index contributed by atoms with van der Waals surface area (Å²) in [6.45, 7) is 1.59. The number of nitrogens with zero attached hydrogens (tertiary/aromatic N) is 3. The second-order valence-electron chi connectivity index (χ2n) is 12.0. The van der Waals surface area contributed by atoms with Gasteiger partial charge in [0.1, 0.15) is 11.3 Å². The van der Waals surface area contributed by atoms with E-state index in [4.69, 9.17) is 0 Å². The first kappa shape index (κ1) is 20.4. The fourth-order valence-corrected chi connectivity index (χ4v) is 8.84. The van der Waals surface area contributed by atoms with Crippen LogP contribution in [0.15, 0.2) is 24.4 Å². The molecular formula is C26H32F2N4O. The van der Waals surface area contributed by atoms with Crippen molar-refractivity contribution in [1.82, 2.24) is 19.6 Å². The minimum atomic E-state index is -2.63. The van der Waals surface area contributed by atoms with Crippen LogP contribution in [0.1, 0.15) is 67.5 Å². The molecule has 2 aromatic heterocycles. The Hall–Kier alpha value is -2.02. The molecule has 4 aliphatic carbocycles. The summed E-state index contributed by atoms with van der Waals surface area (Å²) in [5.74, 6) is 0.0450. The fourth-order valence-electron chi connectivity index (χ4n) is 8.84. The molecule has 5 unspecified atom stereocenters. The number of hydrogen-bond acceptors (Lipinski definition) is 3. The van der Waals surface area contributed by atoms with Crippen molar-refractivity contribution in [3.63, 3.8) is 0 Å². The van der Waals surface area contributed by atoms with Crippen LogP contribution in [0.5, 0.6) is 0 Å². The Bertz CT molecular complexity index is 1130. The third-order valence-electron chi connectivity index (χ3n) is 9.84. The highest BCUT2D eigenvalue weighted by Gasteiger charge is 2.70. The van der Waals surface area contributed by atoms with Crippen LogP contribution in [-0.4, -0.2) is 45.7 Å². The van der Waals surface area contributed by atoms with Crippen molar-refractivity contribution in [3.8, 4) is 0 Å². The molecule has 1 aliphatic heterocycles. The number of likely N-dealkylation sites (tertiary alicyclic amines) is 1. The molecule has 1 amide bonds. The van der Waals surface area contributed by atoms with Gasteiger partial charge in [0.15, 0.2) is 0 Å². The van der Waals surface area contributed by atoms with Crippen molar-refractivity contribution in [3.05, 3.63) is 35.8 Å². The minimum absolute atomic E-state index is 0.0380. The van der Waals surface area contributed by atoms with Crippen molar-refractivity contribution in [1.29, 1.82) is 0 Å². The number of rotatable bonds is 5. The number of halogens is 2. The molecule has 1 saturated heterocycles. The van der Waals surface area contributed by atoms with E-state index in [9.17, 15) is 13.6 Å². The molecule has 0 radical (unpaired) electrons. The SMILES string of the molecule is O=C(NCC12CC3CC4CC(C1)C4(C3)C2)c1cccc2nc(CN3CCCC(F)(F)C3)cn12. The van der Waals surface area contributed by atoms with Crippen LogP contribution < -0.4 is 5.32 Å². The molecule has 5 atom stereocenters. The Kier molecular flexibility index (Phi) is 4.18. The molecule has 0 aromatic carbocycles. The van der Waals surface area contributed by atoms with Crippen molar-refractivity contribution in [2.24, 2.45) is 28.6 Å². The van der Waals surface area contributed by atoms with Gasteiger partial charge in [-0.15, -0.1) is 0 Å². The zero-order valence-electron chi connectivity index (χ0n) is 19.0. The molecule has 3 heterocycles. The van der Waals surface area contributed by atoms with E-state index >= 15 is 0 Å². The van der Waals surface area contributed by atoms with Crippen molar-refractivity contribution in [2.45, 2.75) is 63.8 Å². The predicted molar refractivity (Wildman–Crippen MR) is 120 cm³/mol. The summed E-state index contributed by atoms with van der Waals surface area (Å²) < 4.78 is 29.4. The topological polar surface area (TPSA) is 49.6 Å². The van der Waals surface area contributed by atoms with Crippen LogP contribution in [0.4, 0.5) is 8.78 Å². The Balaban J connectivity index is 1.07. The summed E-state index contributed by atoms with van der Waals surface area (Å²) in [5.41, 5.74) is 2.91. The summed E-state index contributed by atoms with van der Waals surface area (Å²) in [7, 11) is 0. The number of amides is 1. The molecule has 5 aliphatic rings. The maximum atomic E-state index is 13.8. The number of hydrogen-bond donors (Lipinski definition) is 1. The second-order valence-corrected chi connectivity index (χ2v) is 12.0. The zero-order chi connectivity index (χ0) is 22.4. The molecule has 33 heavy (non-hydrogen) atoms. The lowest BCUT2D eigenvalue weighted by atomic mass is 9.55. The second kappa shape index (κ2) is 6.77. The molecule has 5 nitrogen and oxygen atoms in total. The third-order valence-corrected chi connectivity index (χ3v) is 9.84. The molecule has 7 heteroatoms. The van der Waals surface area contributed by atoms with E-state index in [0.717, 1.165) is 30.0 Å².